The molecular weight excluding hydrogens is 336 g/mol. The average molecular weight is 352 g/mol. The van der Waals surface area contributed by atoms with Gasteiger partial charge in [-0.2, -0.15) is 5.10 Å². The highest BCUT2D eigenvalue weighted by Crippen LogP contribution is 2.21. The highest BCUT2D eigenvalue weighted by Gasteiger charge is 2.15. The van der Waals surface area contributed by atoms with E-state index in [1.165, 1.54) is 23.7 Å². The Labute approximate surface area is 138 Å². The Balaban J connectivity index is 1.69. The first-order valence-electron chi connectivity index (χ1n) is 6.91. The molecule has 3 rings (SSSR count). The summed E-state index contributed by atoms with van der Waals surface area (Å²) in [5, 5.41) is 6.04. The van der Waals surface area contributed by atoms with Gasteiger partial charge in [0, 0.05) is 18.3 Å². The van der Waals surface area contributed by atoms with E-state index in [0.29, 0.717) is 18.7 Å². The molecule has 3 aromatic rings. The molecule has 7 nitrogen and oxygen atoms in total. The zero-order chi connectivity index (χ0) is 16.4. The molecule has 0 saturated heterocycles. The van der Waals surface area contributed by atoms with Gasteiger partial charge in [0.15, 0.2) is 0 Å². The lowest BCUT2D eigenvalue weighted by molar-refractivity contribution is 0.411. The summed E-state index contributed by atoms with van der Waals surface area (Å²) in [6.45, 7) is 2.10. The monoisotopic (exact) mass is 352 g/mol. The molecule has 2 heterocycles. The maximum Gasteiger partial charge on any atom is 0.240 e. The molecule has 0 bridgehead atoms. The summed E-state index contributed by atoms with van der Waals surface area (Å²) in [6, 6.07) is 4.79. The van der Waals surface area contributed by atoms with Crippen molar-refractivity contribution in [3.05, 3.63) is 41.2 Å². The Morgan fingerprint density at radius 2 is 2.22 bits per heavy atom. The number of rotatable bonds is 6. The highest BCUT2D eigenvalue weighted by molar-refractivity contribution is 7.89. The van der Waals surface area contributed by atoms with E-state index in [0.717, 1.165) is 16.2 Å². The quantitative estimate of drug-likeness (QED) is 0.729. The van der Waals surface area contributed by atoms with Crippen molar-refractivity contribution in [2.24, 2.45) is 0 Å². The Morgan fingerprint density at radius 3 is 2.96 bits per heavy atom. The number of ether oxygens (including phenoxy) is 1. The predicted octanol–water partition coefficient (Wildman–Crippen LogP) is 1.63. The van der Waals surface area contributed by atoms with E-state index in [4.69, 9.17) is 4.74 Å². The van der Waals surface area contributed by atoms with Gasteiger partial charge in [0.25, 0.3) is 0 Å². The number of sulfonamides is 1. The number of aromatic nitrogens is 3. The summed E-state index contributed by atoms with van der Waals surface area (Å²) in [5.41, 5.74) is 1.70. The van der Waals surface area contributed by atoms with Crippen molar-refractivity contribution in [2.75, 3.05) is 13.7 Å². The van der Waals surface area contributed by atoms with Gasteiger partial charge in [-0.3, -0.25) is 0 Å². The van der Waals surface area contributed by atoms with Crippen molar-refractivity contribution in [1.29, 1.82) is 0 Å². The second-order valence-electron chi connectivity index (χ2n) is 4.96. The van der Waals surface area contributed by atoms with Gasteiger partial charge in [0.2, 0.25) is 15.0 Å². The van der Waals surface area contributed by atoms with Crippen LogP contribution >= 0.6 is 11.3 Å². The zero-order valence-corrected chi connectivity index (χ0v) is 14.3. The van der Waals surface area contributed by atoms with Crippen LogP contribution in [0.2, 0.25) is 0 Å². The predicted molar refractivity (Wildman–Crippen MR) is 87.5 cm³/mol. The summed E-state index contributed by atoms with van der Waals surface area (Å²) < 4.78 is 34.2. The lowest BCUT2D eigenvalue weighted by atomic mass is 10.2. The molecule has 0 unspecified atom stereocenters. The first-order chi connectivity index (χ1) is 11.0. The number of aryl methyl sites for hydroxylation is 1. The van der Waals surface area contributed by atoms with Crippen LogP contribution in [0.4, 0.5) is 0 Å². The van der Waals surface area contributed by atoms with E-state index in [1.54, 1.807) is 23.8 Å². The van der Waals surface area contributed by atoms with Gasteiger partial charge in [-0.05, 0) is 30.7 Å². The second-order valence-corrected chi connectivity index (χ2v) is 7.56. The molecule has 0 atom stereocenters. The van der Waals surface area contributed by atoms with Crippen LogP contribution in [0.15, 0.2) is 34.8 Å². The van der Waals surface area contributed by atoms with Crippen LogP contribution in [-0.2, 0) is 16.4 Å². The first-order valence-corrected chi connectivity index (χ1v) is 9.28. The fraction of sp³-hybridized carbons (Fsp3) is 0.286. The van der Waals surface area contributed by atoms with Crippen LogP contribution in [0, 0.1) is 6.92 Å². The number of nitrogens with one attached hydrogen (secondary N) is 1. The molecule has 0 aliphatic heterocycles. The van der Waals surface area contributed by atoms with Crippen LogP contribution in [0.5, 0.6) is 5.75 Å². The van der Waals surface area contributed by atoms with Crippen LogP contribution in [0.3, 0.4) is 0 Å². The topological polar surface area (TPSA) is 85.6 Å². The van der Waals surface area contributed by atoms with Crippen LogP contribution in [0.25, 0.3) is 4.96 Å². The number of methoxy groups -OCH3 is 1. The largest absolute Gasteiger partial charge is 0.496 e. The maximum atomic E-state index is 12.3. The minimum atomic E-state index is -3.55. The maximum absolute atomic E-state index is 12.3. The molecule has 0 aliphatic carbocycles. The molecule has 1 aromatic carbocycles. The summed E-state index contributed by atoms with van der Waals surface area (Å²) in [5.74, 6) is 0.663. The number of thiazole rings is 1. The zero-order valence-electron chi connectivity index (χ0n) is 12.7. The molecule has 23 heavy (non-hydrogen) atoms. The summed E-state index contributed by atoms with van der Waals surface area (Å²) in [4.78, 5) is 5.12. The van der Waals surface area contributed by atoms with Gasteiger partial charge in [0.05, 0.1) is 17.7 Å². The van der Waals surface area contributed by atoms with Gasteiger partial charge >= 0.3 is 0 Å². The van der Waals surface area contributed by atoms with Gasteiger partial charge in [-0.1, -0.05) is 0 Å². The number of hydrogen-bond donors (Lipinski definition) is 1. The molecular formula is C14H16N4O3S2. The second kappa shape index (κ2) is 6.26. The average Bonchev–Trinajstić information content (AvgIpc) is 3.11. The Kier molecular flexibility index (Phi) is 4.33. The Morgan fingerprint density at radius 1 is 1.39 bits per heavy atom. The summed E-state index contributed by atoms with van der Waals surface area (Å²) >= 11 is 1.48. The van der Waals surface area contributed by atoms with E-state index in [9.17, 15) is 8.42 Å². The molecule has 1 N–H and O–H groups in total. The Hall–Kier alpha value is -1.97. The fourth-order valence-electron chi connectivity index (χ4n) is 2.26. The third-order valence-electron chi connectivity index (χ3n) is 3.44. The van der Waals surface area contributed by atoms with Gasteiger partial charge < -0.3 is 4.74 Å². The number of benzene rings is 1. The SMILES string of the molecule is COc1ccc(S(=O)(=O)NCCc2csc3ncnn23)cc1C. The number of fused-ring (bicyclic) bond motifs is 1. The fourth-order valence-corrected chi connectivity index (χ4v) is 4.21. The molecule has 2 aromatic heterocycles. The number of hydrogen-bond acceptors (Lipinski definition) is 6. The van der Waals surface area contributed by atoms with Crippen molar-refractivity contribution in [1.82, 2.24) is 19.3 Å². The molecule has 0 spiro atoms. The molecule has 0 aliphatic rings. The highest BCUT2D eigenvalue weighted by atomic mass is 32.2. The molecule has 9 heteroatoms. The van der Waals surface area contributed by atoms with Crippen molar-refractivity contribution in [2.45, 2.75) is 18.2 Å². The molecule has 0 amide bonds. The van der Waals surface area contributed by atoms with Gasteiger partial charge in [0.1, 0.15) is 12.1 Å². The van der Waals surface area contributed by atoms with Crippen molar-refractivity contribution in [3.8, 4) is 5.75 Å². The molecule has 0 saturated carbocycles. The van der Waals surface area contributed by atoms with E-state index < -0.39 is 10.0 Å². The van der Waals surface area contributed by atoms with Crippen molar-refractivity contribution in [3.63, 3.8) is 0 Å². The molecule has 0 fully saturated rings. The third-order valence-corrected chi connectivity index (χ3v) is 5.78. The molecule has 0 radical (unpaired) electrons. The smallest absolute Gasteiger partial charge is 0.240 e. The third kappa shape index (κ3) is 3.21. The van der Waals surface area contributed by atoms with E-state index >= 15 is 0 Å². The minimum absolute atomic E-state index is 0.229. The Bertz CT molecular complexity index is 931. The van der Waals surface area contributed by atoms with Gasteiger partial charge in [-0.25, -0.2) is 22.6 Å². The number of nitrogens with zero attached hydrogens (tertiary/aromatic N) is 3. The summed E-state index contributed by atoms with van der Waals surface area (Å²) in [7, 11) is -1.99. The normalized spacial score (nSPS) is 11.9. The standard InChI is InChI=1S/C14H16N4O3S2/c1-10-7-12(3-4-13(10)21-2)23(19,20)17-6-5-11-8-22-14-15-9-16-18(11)14/h3-4,7-9,17H,5-6H2,1-2H3. The van der Waals surface area contributed by atoms with E-state index in [-0.39, 0.29) is 4.90 Å². The van der Waals surface area contributed by atoms with Crippen LogP contribution < -0.4 is 9.46 Å². The van der Waals surface area contributed by atoms with Gasteiger partial charge in [-0.15, -0.1) is 11.3 Å². The van der Waals surface area contributed by atoms with Crippen molar-refractivity contribution >= 4 is 26.3 Å². The lowest BCUT2D eigenvalue weighted by Crippen LogP contribution is -2.26. The lowest BCUT2D eigenvalue weighted by Gasteiger charge is -2.09. The van der Waals surface area contributed by atoms with E-state index in [1.807, 2.05) is 12.3 Å². The summed E-state index contributed by atoms with van der Waals surface area (Å²) in [6.07, 6.45) is 2.03. The first kappa shape index (κ1) is 15.9. The van der Waals surface area contributed by atoms with E-state index in [2.05, 4.69) is 14.8 Å². The molecule has 122 valence electrons. The van der Waals surface area contributed by atoms with Crippen molar-refractivity contribution < 1.29 is 13.2 Å². The van der Waals surface area contributed by atoms with Crippen LogP contribution in [-0.4, -0.2) is 36.7 Å². The minimum Gasteiger partial charge on any atom is -0.496 e. The van der Waals surface area contributed by atoms with Crippen LogP contribution in [0.1, 0.15) is 11.3 Å².